The summed E-state index contributed by atoms with van der Waals surface area (Å²) in [5, 5.41) is 0. The van der Waals surface area contributed by atoms with Gasteiger partial charge in [0.25, 0.3) is 0 Å². The zero-order valence-electron chi connectivity index (χ0n) is 13.9. The molecule has 0 nitrogen and oxygen atoms in total. The second kappa shape index (κ2) is 9.71. The molecule has 0 aliphatic heterocycles. The molecule has 0 aliphatic rings. The Bertz CT molecular complexity index is 397. The molecule has 0 heterocycles. The predicted molar refractivity (Wildman–Crippen MR) is 77.3 cm³/mol. The molecule has 0 amide bonds. The van der Waals surface area contributed by atoms with E-state index in [-0.39, 0.29) is 6.42 Å². The SMILES string of the molecule is CCCCCCCCCC/C=C/C(F)(F)C(F)(F)C(F)(F)C(F)(F)F. The van der Waals surface area contributed by atoms with Gasteiger partial charge >= 0.3 is 23.9 Å². The van der Waals surface area contributed by atoms with Crippen LogP contribution in [-0.4, -0.2) is 23.9 Å². The molecule has 0 spiro atoms. The van der Waals surface area contributed by atoms with Crippen LogP contribution in [0.25, 0.3) is 0 Å². The monoisotopic (exact) mass is 386 g/mol. The van der Waals surface area contributed by atoms with Crippen LogP contribution in [0.2, 0.25) is 0 Å². The van der Waals surface area contributed by atoms with Crippen molar-refractivity contribution < 1.29 is 39.5 Å². The smallest absolute Gasteiger partial charge is 0.195 e. The zero-order valence-corrected chi connectivity index (χ0v) is 13.9. The fourth-order valence-electron chi connectivity index (χ4n) is 2.12. The highest BCUT2D eigenvalue weighted by Gasteiger charge is 2.81. The number of hydrogen-bond acceptors (Lipinski definition) is 0. The lowest BCUT2D eigenvalue weighted by Crippen LogP contribution is -2.60. The number of alkyl halides is 9. The zero-order chi connectivity index (χ0) is 19.8. The average Bonchev–Trinajstić information content (AvgIpc) is 2.47. The summed E-state index contributed by atoms with van der Waals surface area (Å²) in [7, 11) is 0. The fraction of sp³-hybridized carbons (Fsp3) is 0.875. The van der Waals surface area contributed by atoms with Crippen LogP contribution in [-0.2, 0) is 0 Å². The highest BCUT2D eigenvalue weighted by molar-refractivity contribution is 5.10. The van der Waals surface area contributed by atoms with Crippen LogP contribution in [0.4, 0.5) is 39.5 Å². The van der Waals surface area contributed by atoms with Gasteiger partial charge in [-0.1, -0.05) is 57.9 Å². The van der Waals surface area contributed by atoms with Crippen molar-refractivity contribution >= 4 is 0 Å². The molecule has 0 aromatic heterocycles. The minimum atomic E-state index is -6.83. The van der Waals surface area contributed by atoms with E-state index in [1.54, 1.807) is 0 Å². The van der Waals surface area contributed by atoms with Crippen molar-refractivity contribution in [2.45, 2.75) is 88.7 Å². The number of allylic oxidation sites excluding steroid dienone is 2. The summed E-state index contributed by atoms with van der Waals surface area (Å²) in [4.78, 5) is 0. The third-order valence-corrected chi connectivity index (χ3v) is 3.72. The molecule has 0 saturated heterocycles. The summed E-state index contributed by atoms with van der Waals surface area (Å²) in [5.41, 5.74) is 0. The maximum Gasteiger partial charge on any atom is 0.460 e. The summed E-state index contributed by atoms with van der Waals surface area (Å²) in [6, 6.07) is 0. The maximum absolute atomic E-state index is 13.2. The van der Waals surface area contributed by atoms with Crippen molar-refractivity contribution in [2.75, 3.05) is 0 Å². The van der Waals surface area contributed by atoms with Crippen molar-refractivity contribution in [3.63, 3.8) is 0 Å². The van der Waals surface area contributed by atoms with Gasteiger partial charge in [0.1, 0.15) is 0 Å². The molecule has 0 atom stereocenters. The Morgan fingerprint density at radius 3 is 1.48 bits per heavy atom. The van der Waals surface area contributed by atoms with Gasteiger partial charge in [-0.15, -0.1) is 0 Å². The van der Waals surface area contributed by atoms with E-state index in [0.717, 1.165) is 38.5 Å². The molecule has 0 bridgehead atoms. The third-order valence-electron chi connectivity index (χ3n) is 3.72. The van der Waals surface area contributed by atoms with Gasteiger partial charge in [-0.25, -0.2) is 0 Å². The van der Waals surface area contributed by atoms with Gasteiger partial charge in [0.05, 0.1) is 0 Å². The van der Waals surface area contributed by atoms with Crippen molar-refractivity contribution in [3.8, 4) is 0 Å². The van der Waals surface area contributed by atoms with Gasteiger partial charge in [-0.05, 0) is 18.9 Å². The van der Waals surface area contributed by atoms with E-state index in [1.165, 1.54) is 0 Å². The summed E-state index contributed by atoms with van der Waals surface area (Å²) in [6.07, 6.45) is 0.178. The van der Waals surface area contributed by atoms with E-state index in [4.69, 9.17) is 0 Å². The van der Waals surface area contributed by atoms with E-state index < -0.39 is 30.0 Å². The maximum atomic E-state index is 13.2. The van der Waals surface area contributed by atoms with Crippen LogP contribution in [0.15, 0.2) is 12.2 Å². The Hall–Kier alpha value is -0.890. The number of halogens is 9. The predicted octanol–water partition coefficient (Wildman–Crippen LogP) is 7.54. The number of hydrogen-bond donors (Lipinski definition) is 0. The van der Waals surface area contributed by atoms with E-state index in [1.807, 2.05) is 0 Å². The first-order valence-electron chi connectivity index (χ1n) is 8.19. The van der Waals surface area contributed by atoms with E-state index in [2.05, 4.69) is 6.92 Å². The minimum Gasteiger partial charge on any atom is -0.195 e. The van der Waals surface area contributed by atoms with Gasteiger partial charge in [0.2, 0.25) is 0 Å². The minimum absolute atomic E-state index is 0.0990. The molecular weight excluding hydrogens is 363 g/mol. The van der Waals surface area contributed by atoms with Crippen molar-refractivity contribution in [1.29, 1.82) is 0 Å². The molecule has 0 fully saturated rings. The summed E-state index contributed by atoms with van der Waals surface area (Å²) >= 11 is 0. The molecule has 0 aromatic rings. The molecule has 9 heteroatoms. The lowest BCUT2D eigenvalue weighted by molar-refractivity contribution is -0.388. The molecule has 0 aliphatic carbocycles. The molecule has 0 unspecified atom stereocenters. The summed E-state index contributed by atoms with van der Waals surface area (Å²) < 4.78 is 113. The Labute approximate surface area is 141 Å². The lowest BCUT2D eigenvalue weighted by atomic mass is 10.0. The van der Waals surface area contributed by atoms with Gasteiger partial charge in [-0.3, -0.25) is 0 Å². The molecule has 150 valence electrons. The second-order valence-electron chi connectivity index (χ2n) is 5.94. The molecule has 0 aromatic carbocycles. The largest absolute Gasteiger partial charge is 0.460 e. The quantitative estimate of drug-likeness (QED) is 0.185. The highest BCUT2D eigenvalue weighted by Crippen LogP contribution is 2.53. The van der Waals surface area contributed by atoms with Gasteiger partial charge in [0.15, 0.2) is 0 Å². The average molecular weight is 386 g/mol. The van der Waals surface area contributed by atoms with E-state index >= 15 is 0 Å². The molecule has 0 radical (unpaired) electrons. The highest BCUT2D eigenvalue weighted by atomic mass is 19.4. The Morgan fingerprint density at radius 1 is 0.600 bits per heavy atom. The molecule has 0 N–H and O–H groups in total. The van der Waals surface area contributed by atoms with Crippen LogP contribution >= 0.6 is 0 Å². The first kappa shape index (κ1) is 24.1. The molecular formula is C16H23F9. The van der Waals surface area contributed by atoms with Crippen LogP contribution < -0.4 is 0 Å². The number of rotatable bonds is 12. The number of unbranched alkanes of at least 4 members (excludes halogenated alkanes) is 8. The normalized spacial score (nSPS) is 14.5. The van der Waals surface area contributed by atoms with Gasteiger partial charge in [0, 0.05) is 0 Å². The van der Waals surface area contributed by atoms with Crippen LogP contribution in [0.5, 0.6) is 0 Å². The van der Waals surface area contributed by atoms with Gasteiger partial charge < -0.3 is 0 Å². The first-order valence-corrected chi connectivity index (χ1v) is 8.19. The van der Waals surface area contributed by atoms with Crippen molar-refractivity contribution in [3.05, 3.63) is 12.2 Å². The Kier molecular flexibility index (Phi) is 9.36. The van der Waals surface area contributed by atoms with Gasteiger partial charge in [-0.2, -0.15) is 39.5 Å². The lowest BCUT2D eigenvalue weighted by Gasteiger charge is -2.32. The van der Waals surface area contributed by atoms with E-state index in [9.17, 15) is 39.5 Å². The first-order chi connectivity index (χ1) is 11.3. The topological polar surface area (TPSA) is 0 Å². The van der Waals surface area contributed by atoms with Crippen molar-refractivity contribution in [1.82, 2.24) is 0 Å². The van der Waals surface area contributed by atoms with Crippen molar-refractivity contribution in [2.24, 2.45) is 0 Å². The van der Waals surface area contributed by atoms with Crippen LogP contribution in [0.1, 0.15) is 64.7 Å². The summed E-state index contributed by atoms with van der Waals surface area (Å²) in [5.74, 6) is -19.0. The second-order valence-corrected chi connectivity index (χ2v) is 5.94. The van der Waals surface area contributed by atoms with Crippen LogP contribution in [0, 0.1) is 0 Å². The fourth-order valence-corrected chi connectivity index (χ4v) is 2.12. The Morgan fingerprint density at radius 2 is 1.04 bits per heavy atom. The van der Waals surface area contributed by atoms with E-state index in [0.29, 0.717) is 18.9 Å². The standard InChI is InChI=1S/C16H23F9/c1-2-3-4-5-6-7-8-9-10-11-12-13(17,18)14(19,20)15(21,22)16(23,24)25/h11-12H,2-10H2,1H3/b12-11+. The summed E-state index contributed by atoms with van der Waals surface area (Å²) in [6.45, 7) is 2.07. The molecule has 0 saturated carbocycles. The third kappa shape index (κ3) is 6.73. The molecule has 25 heavy (non-hydrogen) atoms. The Balaban J connectivity index is 4.40. The molecule has 0 rings (SSSR count). The van der Waals surface area contributed by atoms with Crippen LogP contribution in [0.3, 0.4) is 0 Å².